The molecule has 166 valence electrons. The van der Waals surface area contributed by atoms with Crippen LogP contribution in [0.2, 0.25) is 0 Å². The molecule has 0 spiro atoms. The molecule has 0 bridgehead atoms. The van der Waals surface area contributed by atoms with E-state index in [-0.39, 0.29) is 33.8 Å². The number of phenols is 2. The highest BCUT2D eigenvalue weighted by atomic mass is 16.3. The molecule has 2 N–H and O–H groups in total. The molecule has 0 unspecified atom stereocenters. The average Bonchev–Trinajstić information content (AvgIpc) is 3.21. The normalized spacial score (nSPS) is 16.2. The predicted octanol–water partition coefficient (Wildman–Crippen LogP) is 4.16. The number of rotatable bonds is 4. The number of carbonyl (C=O) groups excluding carboxylic acids is 4. The van der Waals surface area contributed by atoms with Crippen LogP contribution < -0.4 is 0 Å². The fourth-order valence-corrected chi connectivity index (χ4v) is 3.74. The van der Waals surface area contributed by atoms with Gasteiger partial charge in [-0.1, -0.05) is 0 Å². The first kappa shape index (κ1) is 21.0. The maximum atomic E-state index is 12.8. The lowest BCUT2D eigenvalue weighted by atomic mass is 10.0. The summed E-state index contributed by atoms with van der Waals surface area (Å²) in [6.45, 7) is 0. The molecule has 2 aliphatic rings. The number of hydrogen-bond acceptors (Lipinski definition) is 10. The van der Waals surface area contributed by atoms with Gasteiger partial charge in [0.15, 0.2) is 35.2 Å². The number of fused-ring (bicyclic) bond motifs is 2. The number of carbonyl (C=O) groups is 4. The number of phenolic OH excluding ortho intramolecular Hbond substituents is 2. The van der Waals surface area contributed by atoms with Gasteiger partial charge in [-0.25, -0.2) is 0 Å². The minimum atomic E-state index is -1.42. The second-order valence-electron chi connectivity index (χ2n) is 7.67. The Morgan fingerprint density at radius 2 is 0.794 bits per heavy atom. The minimum absolute atomic E-state index is 0.00400. The van der Waals surface area contributed by atoms with E-state index in [2.05, 4.69) is 20.5 Å². The van der Waals surface area contributed by atoms with Crippen LogP contribution >= 0.6 is 0 Å². The van der Waals surface area contributed by atoms with Gasteiger partial charge in [0, 0.05) is 22.3 Å². The number of hydrogen-bond donors (Lipinski definition) is 2. The molecule has 0 fully saturated rings. The minimum Gasteiger partial charge on any atom is -0.508 e. The number of benzene rings is 3. The van der Waals surface area contributed by atoms with Gasteiger partial charge in [0.1, 0.15) is 11.5 Å². The van der Waals surface area contributed by atoms with E-state index in [0.717, 1.165) is 0 Å². The van der Waals surface area contributed by atoms with Crippen molar-refractivity contribution in [3.63, 3.8) is 0 Å². The van der Waals surface area contributed by atoms with Crippen LogP contribution in [-0.4, -0.2) is 45.4 Å². The Bertz CT molecular complexity index is 1280. The van der Waals surface area contributed by atoms with Crippen LogP contribution in [0.1, 0.15) is 41.4 Å². The van der Waals surface area contributed by atoms with E-state index in [1.54, 1.807) is 0 Å². The van der Waals surface area contributed by atoms with Crippen molar-refractivity contribution in [2.75, 3.05) is 0 Å². The van der Waals surface area contributed by atoms with Gasteiger partial charge in [-0.2, -0.15) is 20.5 Å². The van der Waals surface area contributed by atoms with Crippen molar-refractivity contribution < 1.29 is 29.4 Å². The third-order valence-electron chi connectivity index (χ3n) is 5.49. The van der Waals surface area contributed by atoms with Crippen LogP contribution in [0.5, 0.6) is 11.5 Å². The molecule has 0 aliphatic heterocycles. The second kappa shape index (κ2) is 7.93. The van der Waals surface area contributed by atoms with E-state index in [9.17, 15) is 29.4 Å². The van der Waals surface area contributed by atoms with Gasteiger partial charge in [0.25, 0.3) is 0 Å². The molecule has 0 aromatic heterocycles. The zero-order valence-corrected chi connectivity index (χ0v) is 17.2. The van der Waals surface area contributed by atoms with E-state index in [4.69, 9.17) is 0 Å². The maximum Gasteiger partial charge on any atom is 0.197 e. The molecule has 10 heteroatoms. The van der Waals surface area contributed by atoms with Gasteiger partial charge < -0.3 is 10.2 Å². The zero-order chi connectivity index (χ0) is 24.0. The van der Waals surface area contributed by atoms with Crippen molar-refractivity contribution in [2.45, 2.75) is 12.1 Å². The summed E-state index contributed by atoms with van der Waals surface area (Å²) in [7, 11) is 0. The third-order valence-corrected chi connectivity index (χ3v) is 5.49. The first-order valence-electron chi connectivity index (χ1n) is 10.1. The molecular weight excluding hydrogens is 440 g/mol. The lowest BCUT2D eigenvalue weighted by Gasteiger charge is -1.99. The van der Waals surface area contributed by atoms with Gasteiger partial charge in [-0.15, -0.1) is 0 Å². The summed E-state index contributed by atoms with van der Waals surface area (Å²) in [6, 6.07) is 11.1. The summed E-state index contributed by atoms with van der Waals surface area (Å²) in [4.78, 5) is 51.3. The van der Waals surface area contributed by atoms with Gasteiger partial charge in [-0.05, 0) is 60.7 Å². The van der Waals surface area contributed by atoms with Gasteiger partial charge >= 0.3 is 0 Å². The number of aromatic hydroxyl groups is 2. The van der Waals surface area contributed by atoms with E-state index < -0.39 is 35.2 Å². The largest absolute Gasteiger partial charge is 0.508 e. The fourth-order valence-electron chi connectivity index (χ4n) is 3.74. The summed E-state index contributed by atoms with van der Waals surface area (Å²) >= 11 is 0. The smallest absolute Gasteiger partial charge is 0.197 e. The van der Waals surface area contributed by atoms with Gasteiger partial charge in [-0.3, -0.25) is 19.2 Å². The van der Waals surface area contributed by atoms with Crippen molar-refractivity contribution in [3.05, 3.63) is 82.9 Å². The Morgan fingerprint density at radius 3 is 1.09 bits per heavy atom. The van der Waals surface area contributed by atoms with Crippen molar-refractivity contribution in [1.29, 1.82) is 0 Å². The lowest BCUT2D eigenvalue weighted by molar-refractivity contribution is 0.0879. The first-order chi connectivity index (χ1) is 16.3. The monoisotopic (exact) mass is 454 g/mol. The highest BCUT2D eigenvalue weighted by molar-refractivity contribution is 6.34. The average molecular weight is 454 g/mol. The summed E-state index contributed by atoms with van der Waals surface area (Å²) in [6.07, 6.45) is 0. The molecule has 0 heterocycles. The molecular formula is C24H14N4O6. The molecule has 0 saturated heterocycles. The summed E-state index contributed by atoms with van der Waals surface area (Å²) in [5, 5.41) is 34.1. The maximum absolute atomic E-state index is 12.8. The van der Waals surface area contributed by atoms with Gasteiger partial charge in [0.2, 0.25) is 0 Å². The lowest BCUT2D eigenvalue weighted by Crippen LogP contribution is -2.20. The van der Waals surface area contributed by atoms with E-state index in [1.807, 2.05) is 0 Å². The molecule has 5 rings (SSSR count). The first-order valence-corrected chi connectivity index (χ1v) is 10.1. The Hall–Kier alpha value is -4.86. The van der Waals surface area contributed by atoms with Crippen LogP contribution in [0.15, 0.2) is 81.1 Å². The van der Waals surface area contributed by atoms with Crippen molar-refractivity contribution >= 4 is 34.5 Å². The topological polar surface area (TPSA) is 158 Å². The second-order valence-corrected chi connectivity index (χ2v) is 7.67. The molecule has 34 heavy (non-hydrogen) atoms. The third kappa shape index (κ3) is 3.47. The Kier molecular flexibility index (Phi) is 4.90. The number of azo groups is 2. The predicted molar refractivity (Wildman–Crippen MR) is 117 cm³/mol. The Balaban J connectivity index is 1.42. The van der Waals surface area contributed by atoms with E-state index in [0.29, 0.717) is 11.4 Å². The molecule has 0 atom stereocenters. The zero-order valence-electron chi connectivity index (χ0n) is 17.2. The van der Waals surface area contributed by atoms with Crippen molar-refractivity contribution in [3.8, 4) is 11.5 Å². The van der Waals surface area contributed by atoms with E-state index >= 15 is 0 Å². The number of nitrogens with zero attached hydrogens (tertiary/aromatic N) is 4. The quantitative estimate of drug-likeness (QED) is 0.445. The number of Topliss-reactive ketones (excluding diaryl/α,β-unsaturated/α-hetero) is 4. The van der Waals surface area contributed by atoms with Crippen molar-refractivity contribution in [1.82, 2.24) is 0 Å². The van der Waals surface area contributed by atoms with E-state index in [1.165, 1.54) is 60.7 Å². The molecule has 0 amide bonds. The molecule has 0 saturated carbocycles. The standard InChI is InChI=1S/C24H14N4O6/c29-13-5-1-11(2-6-13)25-27-19-21(31)15-9-17-18(10-16(15)22(19)32)24(34)20(23(17)33)28-26-12-3-7-14(30)8-4-12/h1-10,19-20,29-30H. The van der Waals surface area contributed by atoms with Crippen LogP contribution in [0.3, 0.4) is 0 Å². The summed E-state index contributed by atoms with van der Waals surface area (Å²) in [5.41, 5.74) is 0.658. The summed E-state index contributed by atoms with van der Waals surface area (Å²) < 4.78 is 0. The molecule has 3 aromatic rings. The van der Waals surface area contributed by atoms with Crippen LogP contribution in [0.4, 0.5) is 11.4 Å². The SMILES string of the molecule is O=C1c2cc3c(cc2C(=O)C1N=Nc1ccc(O)cc1)C(=O)C(N=Nc1ccc(O)cc1)C3=O. The van der Waals surface area contributed by atoms with Crippen molar-refractivity contribution in [2.24, 2.45) is 20.5 Å². The highest BCUT2D eigenvalue weighted by Crippen LogP contribution is 2.34. The highest BCUT2D eigenvalue weighted by Gasteiger charge is 2.45. The summed E-state index contributed by atoms with van der Waals surface area (Å²) in [5.74, 6) is -2.44. The molecule has 3 aromatic carbocycles. The molecule has 0 radical (unpaired) electrons. The Labute approximate surface area is 191 Å². The number of ketones is 4. The van der Waals surface area contributed by atoms with Gasteiger partial charge in [0.05, 0.1) is 11.4 Å². The van der Waals surface area contributed by atoms with Crippen LogP contribution in [-0.2, 0) is 0 Å². The molecule has 10 nitrogen and oxygen atoms in total. The fraction of sp³-hybridized carbons (Fsp3) is 0.0833. The molecule has 2 aliphatic carbocycles. The Morgan fingerprint density at radius 1 is 0.500 bits per heavy atom. The van der Waals surface area contributed by atoms with Crippen LogP contribution in [0.25, 0.3) is 0 Å². The van der Waals surface area contributed by atoms with Crippen LogP contribution in [0, 0.1) is 0 Å².